The van der Waals surface area contributed by atoms with E-state index in [0.29, 0.717) is 45.6 Å². The van der Waals surface area contributed by atoms with Crippen LogP contribution in [0.5, 0.6) is 0 Å². The summed E-state index contributed by atoms with van der Waals surface area (Å²) < 4.78 is 5.82. The molecule has 1 unspecified atom stereocenters. The van der Waals surface area contributed by atoms with Gasteiger partial charge in [-0.1, -0.05) is 29.8 Å². The number of ether oxygens (including phenoxy) is 1. The van der Waals surface area contributed by atoms with Crippen molar-refractivity contribution in [1.29, 1.82) is 0 Å². The lowest BCUT2D eigenvalue weighted by molar-refractivity contribution is -0.143. The fraction of sp³-hybridized carbons (Fsp3) is 0.619. The van der Waals surface area contributed by atoms with E-state index in [1.54, 1.807) is 4.90 Å². The maximum absolute atomic E-state index is 13.0. The van der Waals surface area contributed by atoms with E-state index in [0.717, 1.165) is 24.8 Å². The van der Waals surface area contributed by atoms with Gasteiger partial charge in [-0.3, -0.25) is 9.59 Å². The summed E-state index contributed by atoms with van der Waals surface area (Å²) in [4.78, 5) is 29.1. The zero-order valence-corrected chi connectivity index (χ0v) is 17.5. The Morgan fingerprint density at radius 1 is 1.18 bits per heavy atom. The molecule has 2 amide bonds. The molecule has 28 heavy (non-hydrogen) atoms. The molecule has 156 valence electrons. The highest BCUT2D eigenvalue weighted by Crippen LogP contribution is 2.25. The van der Waals surface area contributed by atoms with Crippen molar-refractivity contribution in [2.24, 2.45) is 5.73 Å². The average Bonchev–Trinajstić information content (AvgIpc) is 3.04. The quantitative estimate of drug-likeness (QED) is 0.701. The first-order valence-electron chi connectivity index (χ1n) is 10.0. The highest BCUT2D eigenvalue weighted by Gasteiger charge is 2.39. The highest BCUT2D eigenvalue weighted by atomic mass is 35.5. The minimum Gasteiger partial charge on any atom is -0.378 e. The minimum absolute atomic E-state index is 0. The van der Waals surface area contributed by atoms with Crippen molar-refractivity contribution in [3.8, 4) is 0 Å². The van der Waals surface area contributed by atoms with Crippen molar-refractivity contribution < 1.29 is 14.3 Å². The molecule has 2 aliphatic rings. The molecule has 2 N–H and O–H groups in total. The van der Waals surface area contributed by atoms with E-state index in [2.05, 4.69) is 0 Å². The third-order valence-corrected chi connectivity index (χ3v) is 5.54. The molecule has 2 aliphatic heterocycles. The molecule has 6 nitrogen and oxygen atoms in total. The third kappa shape index (κ3) is 5.69. The van der Waals surface area contributed by atoms with Crippen LogP contribution in [-0.2, 0) is 20.9 Å². The molecule has 0 saturated carbocycles. The molecular formula is C21H32ClN3O3. The number of rotatable bonds is 7. The molecule has 0 aromatic heterocycles. The second-order valence-electron chi connectivity index (χ2n) is 7.60. The molecule has 0 spiro atoms. The number of halogens is 1. The summed E-state index contributed by atoms with van der Waals surface area (Å²) in [7, 11) is 0. The summed E-state index contributed by atoms with van der Waals surface area (Å²) >= 11 is 0. The van der Waals surface area contributed by atoms with Gasteiger partial charge in [-0.25, -0.2) is 0 Å². The number of nitrogens with two attached hydrogens (primary N) is 1. The lowest BCUT2D eigenvalue weighted by atomic mass is 10.1. The Morgan fingerprint density at radius 3 is 2.50 bits per heavy atom. The first-order valence-corrected chi connectivity index (χ1v) is 10.0. The Hall–Kier alpha value is -1.63. The van der Waals surface area contributed by atoms with Gasteiger partial charge in [-0.15, -0.1) is 12.4 Å². The fourth-order valence-electron chi connectivity index (χ4n) is 3.87. The first-order chi connectivity index (χ1) is 13.1. The van der Waals surface area contributed by atoms with E-state index in [4.69, 9.17) is 10.5 Å². The van der Waals surface area contributed by atoms with Crippen LogP contribution in [0.4, 0.5) is 0 Å². The van der Waals surface area contributed by atoms with Gasteiger partial charge in [0.15, 0.2) is 0 Å². The molecule has 2 saturated heterocycles. The Kier molecular flexibility index (Phi) is 8.73. The van der Waals surface area contributed by atoms with E-state index < -0.39 is 0 Å². The van der Waals surface area contributed by atoms with E-state index in [-0.39, 0.29) is 36.4 Å². The predicted molar refractivity (Wildman–Crippen MR) is 111 cm³/mol. The number of likely N-dealkylation sites (tertiary alicyclic amines) is 2. The first kappa shape index (κ1) is 22.7. The van der Waals surface area contributed by atoms with Gasteiger partial charge < -0.3 is 20.3 Å². The molecule has 3 rings (SSSR count). The lowest BCUT2D eigenvalue weighted by Gasteiger charge is -2.35. The Balaban J connectivity index is 0.00000280. The number of amides is 2. The van der Waals surface area contributed by atoms with Crippen molar-refractivity contribution in [2.75, 3.05) is 26.2 Å². The number of piperidine rings is 1. The maximum Gasteiger partial charge on any atom is 0.245 e. The summed E-state index contributed by atoms with van der Waals surface area (Å²) in [5, 5.41) is 0. The van der Waals surface area contributed by atoms with Crippen LogP contribution in [0.25, 0.3) is 0 Å². The summed E-state index contributed by atoms with van der Waals surface area (Å²) in [6, 6.07) is 7.83. The van der Waals surface area contributed by atoms with Crippen LogP contribution in [0.2, 0.25) is 0 Å². The second kappa shape index (κ2) is 10.8. The fourth-order valence-corrected chi connectivity index (χ4v) is 3.87. The molecule has 0 aliphatic carbocycles. The van der Waals surface area contributed by atoms with E-state index in [1.807, 2.05) is 36.1 Å². The van der Waals surface area contributed by atoms with Gasteiger partial charge in [0.1, 0.15) is 6.04 Å². The predicted octanol–water partition coefficient (Wildman–Crippen LogP) is 2.26. The zero-order chi connectivity index (χ0) is 19.2. The van der Waals surface area contributed by atoms with Crippen LogP contribution >= 0.6 is 12.4 Å². The molecular weight excluding hydrogens is 378 g/mol. The Bertz CT molecular complexity index is 645. The van der Waals surface area contributed by atoms with Crippen LogP contribution in [-0.4, -0.2) is 60.0 Å². The van der Waals surface area contributed by atoms with Crippen LogP contribution in [0.1, 0.15) is 43.2 Å². The summed E-state index contributed by atoms with van der Waals surface area (Å²) in [6.45, 7) is 5.29. The van der Waals surface area contributed by atoms with Crippen LogP contribution in [0, 0.1) is 6.92 Å². The topological polar surface area (TPSA) is 75.9 Å². The van der Waals surface area contributed by atoms with Gasteiger partial charge in [0.05, 0.1) is 6.10 Å². The number of nitrogens with zero attached hydrogens (tertiary/aromatic N) is 2. The standard InChI is InChI=1S/C21H31N3O3.ClH/c1-16-3-5-17(6-4-16)15-24-19(7-8-20(24)25)21(26)23-12-9-18(10-13-23)27-14-2-11-22;/h3-6,18-19H,2,7-15,22H2,1H3;1H. The van der Waals surface area contributed by atoms with Gasteiger partial charge in [0.2, 0.25) is 11.8 Å². The number of benzene rings is 1. The van der Waals surface area contributed by atoms with Gasteiger partial charge in [-0.2, -0.15) is 0 Å². The van der Waals surface area contributed by atoms with Crippen molar-refractivity contribution in [2.45, 2.75) is 57.7 Å². The molecule has 1 aromatic carbocycles. The molecule has 0 bridgehead atoms. The van der Waals surface area contributed by atoms with E-state index >= 15 is 0 Å². The maximum atomic E-state index is 13.0. The van der Waals surface area contributed by atoms with Crippen molar-refractivity contribution in [3.05, 3.63) is 35.4 Å². The molecule has 1 atom stereocenters. The smallest absolute Gasteiger partial charge is 0.245 e. The van der Waals surface area contributed by atoms with Gasteiger partial charge in [0, 0.05) is 32.7 Å². The van der Waals surface area contributed by atoms with Crippen LogP contribution < -0.4 is 5.73 Å². The summed E-state index contributed by atoms with van der Waals surface area (Å²) in [5.41, 5.74) is 7.76. The highest BCUT2D eigenvalue weighted by molar-refractivity contribution is 5.91. The molecule has 2 fully saturated rings. The number of hydrogen-bond donors (Lipinski definition) is 1. The van der Waals surface area contributed by atoms with Crippen molar-refractivity contribution in [3.63, 3.8) is 0 Å². The number of carbonyl (C=O) groups excluding carboxylic acids is 2. The Labute approximate surface area is 173 Å². The Morgan fingerprint density at radius 2 is 1.86 bits per heavy atom. The van der Waals surface area contributed by atoms with E-state index in [1.165, 1.54) is 5.56 Å². The molecule has 1 aromatic rings. The third-order valence-electron chi connectivity index (χ3n) is 5.54. The van der Waals surface area contributed by atoms with Gasteiger partial charge >= 0.3 is 0 Å². The molecule has 0 radical (unpaired) electrons. The second-order valence-corrected chi connectivity index (χ2v) is 7.60. The molecule has 7 heteroatoms. The minimum atomic E-state index is -0.325. The average molecular weight is 410 g/mol. The van der Waals surface area contributed by atoms with Crippen LogP contribution in [0.15, 0.2) is 24.3 Å². The SMILES string of the molecule is Cc1ccc(CN2C(=O)CCC2C(=O)N2CCC(OCCCN)CC2)cc1.Cl. The molecule has 2 heterocycles. The normalized spacial score (nSPS) is 20.4. The zero-order valence-electron chi connectivity index (χ0n) is 16.6. The number of aryl methyl sites for hydroxylation is 1. The van der Waals surface area contributed by atoms with E-state index in [9.17, 15) is 9.59 Å². The summed E-state index contributed by atoms with van der Waals surface area (Å²) in [6.07, 6.45) is 3.88. The van der Waals surface area contributed by atoms with Crippen molar-refractivity contribution in [1.82, 2.24) is 9.80 Å². The summed E-state index contributed by atoms with van der Waals surface area (Å²) in [5.74, 6) is 0.169. The van der Waals surface area contributed by atoms with Crippen molar-refractivity contribution >= 4 is 24.2 Å². The van der Waals surface area contributed by atoms with Gasteiger partial charge in [0.25, 0.3) is 0 Å². The monoisotopic (exact) mass is 409 g/mol. The largest absolute Gasteiger partial charge is 0.378 e. The number of hydrogen-bond acceptors (Lipinski definition) is 4. The van der Waals surface area contributed by atoms with Gasteiger partial charge in [-0.05, 0) is 44.7 Å². The lowest BCUT2D eigenvalue weighted by Crippen LogP contribution is -2.49. The van der Waals surface area contributed by atoms with Crippen LogP contribution in [0.3, 0.4) is 0 Å². The number of carbonyl (C=O) groups is 2.